The van der Waals surface area contributed by atoms with E-state index < -0.39 is 0 Å². The third kappa shape index (κ3) is 3.54. The highest BCUT2D eigenvalue weighted by atomic mass is 14.5. The maximum atomic E-state index is 5.49. The SMILES string of the molecule is NCCC1=C/C=C\CCC/C=C\1. The fourth-order valence-electron chi connectivity index (χ4n) is 1.27. The molecule has 0 fully saturated rings. The second-order valence-electron chi connectivity index (χ2n) is 3.04. The predicted octanol–water partition coefficient (Wildman–Crippen LogP) is 2.56. The van der Waals surface area contributed by atoms with Gasteiger partial charge in [-0.2, -0.15) is 0 Å². The van der Waals surface area contributed by atoms with E-state index in [4.69, 9.17) is 5.73 Å². The van der Waals surface area contributed by atoms with E-state index in [1.54, 1.807) is 0 Å². The average molecular weight is 163 g/mol. The van der Waals surface area contributed by atoms with Crippen LogP contribution in [-0.4, -0.2) is 6.54 Å². The largest absolute Gasteiger partial charge is 0.330 e. The molecule has 0 spiro atoms. The van der Waals surface area contributed by atoms with E-state index >= 15 is 0 Å². The van der Waals surface area contributed by atoms with Crippen LogP contribution in [0.1, 0.15) is 25.7 Å². The third-order valence-corrected chi connectivity index (χ3v) is 1.95. The summed E-state index contributed by atoms with van der Waals surface area (Å²) in [5.41, 5.74) is 6.83. The summed E-state index contributed by atoms with van der Waals surface area (Å²) in [5.74, 6) is 0. The van der Waals surface area contributed by atoms with Crippen molar-refractivity contribution in [3.05, 3.63) is 36.0 Å². The first-order chi connectivity index (χ1) is 5.93. The first-order valence-corrected chi connectivity index (χ1v) is 4.66. The Kier molecular flexibility index (Phi) is 4.47. The summed E-state index contributed by atoms with van der Waals surface area (Å²) in [6, 6.07) is 0. The van der Waals surface area contributed by atoms with Gasteiger partial charge in [0.2, 0.25) is 0 Å². The first kappa shape index (κ1) is 9.27. The van der Waals surface area contributed by atoms with Crippen molar-refractivity contribution in [2.45, 2.75) is 25.7 Å². The van der Waals surface area contributed by atoms with Crippen molar-refractivity contribution in [2.24, 2.45) is 5.73 Å². The summed E-state index contributed by atoms with van der Waals surface area (Å²) in [6.07, 6.45) is 15.6. The van der Waals surface area contributed by atoms with Crippen LogP contribution in [0.3, 0.4) is 0 Å². The third-order valence-electron chi connectivity index (χ3n) is 1.95. The van der Waals surface area contributed by atoms with Crippen LogP contribution in [0.5, 0.6) is 0 Å². The minimum atomic E-state index is 0.740. The van der Waals surface area contributed by atoms with Crippen LogP contribution in [0.2, 0.25) is 0 Å². The van der Waals surface area contributed by atoms with Crippen molar-refractivity contribution in [1.29, 1.82) is 0 Å². The maximum Gasteiger partial charge on any atom is -0.00367 e. The Morgan fingerprint density at radius 1 is 1.25 bits per heavy atom. The van der Waals surface area contributed by atoms with E-state index in [-0.39, 0.29) is 0 Å². The van der Waals surface area contributed by atoms with Crippen LogP contribution >= 0.6 is 0 Å². The molecular formula is C11H17N. The average Bonchev–Trinajstić information content (AvgIpc) is 2.19. The van der Waals surface area contributed by atoms with E-state index in [0.717, 1.165) is 13.0 Å². The molecule has 1 aliphatic carbocycles. The Morgan fingerprint density at radius 3 is 2.92 bits per heavy atom. The molecule has 1 heteroatoms. The molecule has 0 amide bonds. The van der Waals surface area contributed by atoms with Crippen LogP contribution in [-0.2, 0) is 0 Å². The van der Waals surface area contributed by atoms with Crippen molar-refractivity contribution >= 4 is 0 Å². The zero-order valence-corrected chi connectivity index (χ0v) is 7.50. The van der Waals surface area contributed by atoms with Crippen LogP contribution in [0.4, 0.5) is 0 Å². The normalized spacial score (nSPS) is 27.6. The number of allylic oxidation sites excluding steroid dienone is 5. The first-order valence-electron chi connectivity index (χ1n) is 4.66. The van der Waals surface area contributed by atoms with Crippen molar-refractivity contribution < 1.29 is 0 Å². The molecule has 0 saturated heterocycles. The number of hydrogen-bond acceptors (Lipinski definition) is 1. The molecule has 66 valence electrons. The molecule has 0 heterocycles. The van der Waals surface area contributed by atoms with Gasteiger partial charge in [-0.1, -0.05) is 30.4 Å². The highest BCUT2D eigenvalue weighted by molar-refractivity contribution is 5.24. The molecule has 1 rings (SSSR count). The van der Waals surface area contributed by atoms with Gasteiger partial charge in [0.05, 0.1) is 0 Å². The van der Waals surface area contributed by atoms with Gasteiger partial charge in [0.15, 0.2) is 0 Å². The lowest BCUT2D eigenvalue weighted by atomic mass is 10.1. The Bertz CT molecular complexity index is 199. The monoisotopic (exact) mass is 163 g/mol. The summed E-state index contributed by atoms with van der Waals surface area (Å²) in [4.78, 5) is 0. The van der Waals surface area contributed by atoms with Gasteiger partial charge < -0.3 is 5.73 Å². The lowest BCUT2D eigenvalue weighted by Crippen LogP contribution is -1.98. The lowest BCUT2D eigenvalue weighted by molar-refractivity contribution is 0.868. The fourth-order valence-corrected chi connectivity index (χ4v) is 1.27. The second kappa shape index (κ2) is 5.78. The van der Waals surface area contributed by atoms with Gasteiger partial charge in [0, 0.05) is 0 Å². The van der Waals surface area contributed by atoms with E-state index in [9.17, 15) is 0 Å². The highest BCUT2D eigenvalue weighted by Gasteiger charge is 1.90. The van der Waals surface area contributed by atoms with Crippen LogP contribution in [0.15, 0.2) is 36.0 Å². The molecule has 0 unspecified atom stereocenters. The lowest BCUT2D eigenvalue weighted by Gasteiger charge is -1.96. The van der Waals surface area contributed by atoms with Gasteiger partial charge >= 0.3 is 0 Å². The van der Waals surface area contributed by atoms with Gasteiger partial charge in [0.1, 0.15) is 0 Å². The van der Waals surface area contributed by atoms with Crippen LogP contribution in [0.25, 0.3) is 0 Å². The van der Waals surface area contributed by atoms with Gasteiger partial charge in [-0.05, 0) is 37.8 Å². The summed E-state index contributed by atoms with van der Waals surface area (Å²) in [7, 11) is 0. The topological polar surface area (TPSA) is 26.0 Å². The van der Waals surface area contributed by atoms with Crippen LogP contribution in [0, 0.1) is 0 Å². The Labute approximate surface area is 74.7 Å². The zero-order valence-electron chi connectivity index (χ0n) is 7.50. The van der Waals surface area contributed by atoms with Crippen molar-refractivity contribution in [3.8, 4) is 0 Å². The second-order valence-corrected chi connectivity index (χ2v) is 3.04. The fraction of sp³-hybridized carbons (Fsp3) is 0.455. The molecule has 1 aliphatic rings. The quantitative estimate of drug-likeness (QED) is 0.665. The highest BCUT2D eigenvalue weighted by Crippen LogP contribution is 2.08. The molecule has 1 nitrogen and oxygen atoms in total. The van der Waals surface area contributed by atoms with E-state index in [0.29, 0.717) is 0 Å². The molecule has 0 aromatic heterocycles. The van der Waals surface area contributed by atoms with Gasteiger partial charge in [-0.15, -0.1) is 0 Å². The van der Waals surface area contributed by atoms with Crippen molar-refractivity contribution in [1.82, 2.24) is 0 Å². The Hall–Kier alpha value is -0.820. The molecular weight excluding hydrogens is 146 g/mol. The molecule has 2 N–H and O–H groups in total. The number of hydrogen-bond donors (Lipinski definition) is 1. The molecule has 0 bridgehead atoms. The van der Waals surface area contributed by atoms with E-state index in [1.165, 1.54) is 24.8 Å². The molecule has 0 saturated carbocycles. The summed E-state index contributed by atoms with van der Waals surface area (Å²) >= 11 is 0. The standard InChI is InChI=1S/C11H17N/c12-10-9-11-7-5-3-1-2-4-6-8-11/h3,5-8H,1-2,4,9-10,12H2/b5-3-,8-6-,11-7+. The number of rotatable bonds is 2. The summed E-state index contributed by atoms with van der Waals surface area (Å²) < 4.78 is 0. The Morgan fingerprint density at radius 2 is 2.08 bits per heavy atom. The molecule has 0 radical (unpaired) electrons. The van der Waals surface area contributed by atoms with E-state index in [1.807, 2.05) is 0 Å². The molecule has 0 aromatic carbocycles. The number of nitrogens with two attached hydrogens (primary N) is 1. The minimum Gasteiger partial charge on any atom is -0.330 e. The molecule has 12 heavy (non-hydrogen) atoms. The molecule has 0 aromatic rings. The van der Waals surface area contributed by atoms with Crippen molar-refractivity contribution in [3.63, 3.8) is 0 Å². The minimum absolute atomic E-state index is 0.740. The van der Waals surface area contributed by atoms with Crippen molar-refractivity contribution in [2.75, 3.05) is 6.54 Å². The van der Waals surface area contributed by atoms with Gasteiger partial charge in [0.25, 0.3) is 0 Å². The maximum absolute atomic E-state index is 5.49. The van der Waals surface area contributed by atoms with Gasteiger partial charge in [-0.3, -0.25) is 0 Å². The Balaban J connectivity index is 2.58. The molecule has 0 atom stereocenters. The molecule has 0 aliphatic heterocycles. The summed E-state index contributed by atoms with van der Waals surface area (Å²) in [6.45, 7) is 0.740. The van der Waals surface area contributed by atoms with Gasteiger partial charge in [-0.25, -0.2) is 0 Å². The smallest absolute Gasteiger partial charge is 0.00367 e. The predicted molar refractivity (Wildman–Crippen MR) is 53.9 cm³/mol. The summed E-state index contributed by atoms with van der Waals surface area (Å²) in [5, 5.41) is 0. The van der Waals surface area contributed by atoms with E-state index in [2.05, 4.69) is 30.4 Å². The zero-order chi connectivity index (χ0) is 8.65. The van der Waals surface area contributed by atoms with Crippen LogP contribution < -0.4 is 5.73 Å².